The molecule has 0 bridgehead atoms. The Kier molecular flexibility index (Phi) is 1.11. The van der Waals surface area contributed by atoms with Crippen molar-refractivity contribution in [2.75, 3.05) is 7.11 Å². The number of nitrogens with zero attached hydrogens (tertiary/aromatic N) is 2. The fraction of sp³-hybridized carbons (Fsp3) is 0.500. The monoisotopic (exact) mass is 114 g/mol. The summed E-state index contributed by atoms with van der Waals surface area (Å²) in [6.07, 6.45) is 2.76. The van der Waals surface area contributed by atoms with Gasteiger partial charge in [-0.25, -0.2) is 9.98 Å². The van der Waals surface area contributed by atoms with Gasteiger partial charge in [0, 0.05) is 19.5 Å². The van der Waals surface area contributed by atoms with E-state index in [9.17, 15) is 0 Å². The van der Waals surface area contributed by atoms with Crippen LogP contribution in [0.15, 0.2) is 9.98 Å². The normalized spacial score (nSPS) is 22.2. The van der Waals surface area contributed by atoms with E-state index in [1.807, 2.05) is 0 Å². The second kappa shape index (κ2) is 1.65. The molecule has 0 atom stereocenters. The van der Waals surface area contributed by atoms with Crippen molar-refractivity contribution in [2.24, 2.45) is 9.98 Å². The van der Waals surface area contributed by atoms with Crippen molar-refractivity contribution in [2.45, 2.75) is 6.03 Å². The van der Waals surface area contributed by atoms with Crippen molar-refractivity contribution < 1.29 is 9.84 Å². The number of methoxy groups -OCH3 is 1. The summed E-state index contributed by atoms with van der Waals surface area (Å²) in [7, 11) is 1.33. The largest absolute Gasteiger partial charge is 0.376 e. The van der Waals surface area contributed by atoms with Crippen molar-refractivity contribution in [1.82, 2.24) is 0 Å². The predicted molar refractivity (Wildman–Crippen MR) is 28.9 cm³/mol. The van der Waals surface area contributed by atoms with Gasteiger partial charge in [0.1, 0.15) is 0 Å². The van der Waals surface area contributed by atoms with Gasteiger partial charge in [0.2, 0.25) is 0 Å². The standard InChI is InChI=1S/C4H6N2O2/c1-8-4(7)5-2-3-6-4/h2-3,7H,1H3. The first-order chi connectivity index (χ1) is 3.77. The van der Waals surface area contributed by atoms with Crippen molar-refractivity contribution in [3.05, 3.63) is 0 Å². The van der Waals surface area contributed by atoms with Crippen LogP contribution in [0.2, 0.25) is 0 Å². The summed E-state index contributed by atoms with van der Waals surface area (Å²) in [5, 5.41) is 8.88. The molecule has 0 aromatic rings. The molecule has 0 unspecified atom stereocenters. The molecular weight excluding hydrogens is 108 g/mol. The van der Waals surface area contributed by atoms with E-state index < -0.39 is 6.03 Å². The van der Waals surface area contributed by atoms with E-state index in [1.54, 1.807) is 0 Å². The molecule has 8 heavy (non-hydrogen) atoms. The van der Waals surface area contributed by atoms with E-state index in [2.05, 4.69) is 14.7 Å². The highest BCUT2D eigenvalue weighted by Crippen LogP contribution is 2.09. The Morgan fingerprint density at radius 1 is 1.50 bits per heavy atom. The van der Waals surface area contributed by atoms with Crippen LogP contribution in [0.1, 0.15) is 0 Å². The first-order valence-electron chi connectivity index (χ1n) is 2.13. The maximum Gasteiger partial charge on any atom is 0.376 e. The quantitative estimate of drug-likeness (QED) is 0.462. The van der Waals surface area contributed by atoms with Gasteiger partial charge in [-0.15, -0.1) is 0 Å². The van der Waals surface area contributed by atoms with Gasteiger partial charge in [-0.1, -0.05) is 0 Å². The van der Waals surface area contributed by atoms with Crippen molar-refractivity contribution in [1.29, 1.82) is 0 Å². The number of ether oxygens (including phenoxy) is 1. The number of aliphatic imine (C=N–C) groups is 2. The van der Waals surface area contributed by atoms with Gasteiger partial charge in [0.05, 0.1) is 0 Å². The van der Waals surface area contributed by atoms with Crippen molar-refractivity contribution >= 4 is 12.4 Å². The molecule has 0 spiro atoms. The molecule has 0 saturated heterocycles. The zero-order chi connectivity index (χ0) is 6.04. The van der Waals surface area contributed by atoms with Crippen LogP contribution in [0.3, 0.4) is 0 Å². The average molecular weight is 114 g/mol. The second-order valence-electron chi connectivity index (χ2n) is 1.33. The molecule has 1 aliphatic rings. The molecule has 0 aromatic heterocycles. The third kappa shape index (κ3) is 0.753. The molecule has 4 nitrogen and oxygen atoms in total. The van der Waals surface area contributed by atoms with Gasteiger partial charge >= 0.3 is 6.03 Å². The highest BCUT2D eigenvalue weighted by Gasteiger charge is 2.24. The van der Waals surface area contributed by atoms with Crippen LogP contribution < -0.4 is 0 Å². The molecule has 1 aliphatic heterocycles. The van der Waals surface area contributed by atoms with E-state index in [0.717, 1.165) is 0 Å². The third-order valence-electron chi connectivity index (χ3n) is 0.826. The second-order valence-corrected chi connectivity index (χ2v) is 1.33. The van der Waals surface area contributed by atoms with E-state index in [0.29, 0.717) is 0 Å². The average Bonchev–Trinajstić information content (AvgIpc) is 2.17. The Labute approximate surface area is 46.5 Å². The zero-order valence-corrected chi connectivity index (χ0v) is 4.40. The molecule has 0 saturated carbocycles. The fourth-order valence-electron chi connectivity index (χ4n) is 0.400. The Balaban J connectivity index is 2.69. The molecule has 0 aromatic carbocycles. The van der Waals surface area contributed by atoms with Crippen LogP contribution in [-0.2, 0) is 4.74 Å². The summed E-state index contributed by atoms with van der Waals surface area (Å²) in [6, 6.07) is -1.63. The lowest BCUT2D eigenvalue weighted by atomic mass is 10.9. The Morgan fingerprint density at radius 3 is 2.25 bits per heavy atom. The van der Waals surface area contributed by atoms with Crippen molar-refractivity contribution in [3.8, 4) is 0 Å². The number of hydrogen-bond acceptors (Lipinski definition) is 4. The molecule has 0 amide bonds. The zero-order valence-electron chi connectivity index (χ0n) is 4.40. The van der Waals surface area contributed by atoms with Gasteiger partial charge in [0.25, 0.3) is 0 Å². The van der Waals surface area contributed by atoms with E-state index in [4.69, 9.17) is 5.11 Å². The SMILES string of the molecule is COC1(O)N=CC=N1. The number of hydrogen-bond donors (Lipinski definition) is 1. The molecule has 0 aliphatic carbocycles. The lowest BCUT2D eigenvalue weighted by Crippen LogP contribution is -2.22. The van der Waals surface area contributed by atoms with Gasteiger partial charge in [0.15, 0.2) is 0 Å². The number of rotatable bonds is 1. The number of aliphatic hydroxyl groups is 1. The molecule has 44 valence electrons. The predicted octanol–water partition coefficient (Wildman–Crippen LogP) is -0.608. The van der Waals surface area contributed by atoms with Crippen LogP contribution >= 0.6 is 0 Å². The summed E-state index contributed by atoms with van der Waals surface area (Å²) in [6.45, 7) is 0. The van der Waals surface area contributed by atoms with Gasteiger partial charge in [-0.2, -0.15) is 0 Å². The smallest absolute Gasteiger partial charge is 0.328 e. The van der Waals surface area contributed by atoms with Crippen LogP contribution in [0.25, 0.3) is 0 Å². The molecule has 0 fully saturated rings. The van der Waals surface area contributed by atoms with Crippen LogP contribution in [0.4, 0.5) is 0 Å². The van der Waals surface area contributed by atoms with Crippen LogP contribution in [-0.4, -0.2) is 30.7 Å². The molecule has 0 radical (unpaired) electrons. The minimum absolute atomic E-state index is 1.33. The van der Waals surface area contributed by atoms with Crippen molar-refractivity contribution in [3.63, 3.8) is 0 Å². The first kappa shape index (κ1) is 5.40. The summed E-state index contributed by atoms with van der Waals surface area (Å²) in [5.74, 6) is 0. The third-order valence-corrected chi connectivity index (χ3v) is 0.826. The highest BCUT2D eigenvalue weighted by molar-refractivity contribution is 6.17. The Bertz CT molecular complexity index is 129. The minimum Gasteiger partial charge on any atom is -0.328 e. The topological polar surface area (TPSA) is 54.2 Å². The summed E-state index contributed by atoms with van der Waals surface area (Å²) < 4.78 is 4.46. The van der Waals surface area contributed by atoms with E-state index in [1.165, 1.54) is 19.5 Å². The molecule has 1 rings (SSSR count). The first-order valence-corrected chi connectivity index (χ1v) is 2.13. The Hall–Kier alpha value is -0.740. The fourth-order valence-corrected chi connectivity index (χ4v) is 0.400. The summed E-state index contributed by atoms with van der Waals surface area (Å²) in [4.78, 5) is 6.94. The van der Waals surface area contributed by atoms with E-state index in [-0.39, 0.29) is 0 Å². The van der Waals surface area contributed by atoms with Gasteiger partial charge in [-0.3, -0.25) is 0 Å². The lowest BCUT2D eigenvalue weighted by molar-refractivity contribution is -0.167. The maximum absolute atomic E-state index is 8.88. The molecule has 1 N–H and O–H groups in total. The van der Waals surface area contributed by atoms with Crippen LogP contribution in [0, 0.1) is 0 Å². The highest BCUT2D eigenvalue weighted by atomic mass is 16.7. The molecule has 4 heteroatoms. The van der Waals surface area contributed by atoms with Gasteiger partial charge in [-0.05, 0) is 0 Å². The van der Waals surface area contributed by atoms with E-state index >= 15 is 0 Å². The summed E-state index contributed by atoms with van der Waals surface area (Å²) >= 11 is 0. The molecule has 1 heterocycles. The summed E-state index contributed by atoms with van der Waals surface area (Å²) in [5.41, 5.74) is 0. The minimum atomic E-state index is -1.63. The van der Waals surface area contributed by atoms with Crippen LogP contribution in [0.5, 0.6) is 0 Å². The lowest BCUT2D eigenvalue weighted by Gasteiger charge is -2.10. The van der Waals surface area contributed by atoms with Gasteiger partial charge < -0.3 is 9.84 Å². The Morgan fingerprint density at radius 2 is 2.00 bits per heavy atom. The maximum atomic E-state index is 8.88. The molecular formula is C4H6N2O2.